The number of likely N-dealkylation sites (tertiary alicyclic amines) is 1. The quantitative estimate of drug-likeness (QED) is 0.0146. The highest BCUT2D eigenvalue weighted by Gasteiger charge is 2.44. The van der Waals surface area contributed by atoms with E-state index < -0.39 is 182 Å². The minimum Gasteiger partial charge on any atom is -0.394 e. The van der Waals surface area contributed by atoms with Gasteiger partial charge in [-0.2, -0.15) is 11.8 Å². The van der Waals surface area contributed by atoms with Crippen molar-refractivity contribution in [3.05, 3.63) is 126 Å². The zero-order valence-electron chi connectivity index (χ0n) is 73.4. The SMILES string of the molecule is CC(C)C[C@H](NC(=O)[C@H](Cc1c[nH]c2ccccc12)NC(=O)CNC(=O)[C@H](Cc1c[nH]c2ccccc12)NC(=O)[C@@H](NC(=O)[C@@H]1CCCN1C(=O)[C@H](Cc1c[nH]cn1)NC(=O)[C@H](Cc1c[nH]c2ccccc12)NC(=O)[C@@H](N)CO)C(C)C)C(=O)N[C@@H](CCCCN)C(=O)NCC(=O)NCC(=O)NCC(=O)N[C@@H](CCCCNC(=O)CCCC[C@@H]1SC[C@@H]2NC(=O)N[C@@H]21)C(N)=O. The van der Waals surface area contributed by atoms with Gasteiger partial charge in [-0.05, 0) is 124 Å². The van der Waals surface area contributed by atoms with Gasteiger partial charge in [0.1, 0.15) is 60.4 Å². The second kappa shape index (κ2) is 49.0. The zero-order valence-corrected chi connectivity index (χ0v) is 74.2. The number of fused-ring (bicyclic) bond motifs is 4. The number of H-pyrrole nitrogens is 4. The Hall–Kier alpha value is -13.0. The standard InChI is InChI=1S/C88H122N24O17S/c1-48(2)32-63(82(123)104-62(25-13-15-29-89)80(121)99-42-73(116)97-41-72(115)98-43-74(117)102-61(78(91)119)24-14-16-30-93-71(114)28-12-11-27-70-77-68(46-130-70)109-88(129)111-77)106-83(124)65(34-51-38-95-59-22-9-6-19-55(51)59)103-75(118)44-100-81(122)64(33-50-37-94-58-21-8-5-18-54(50)58)107-86(127)76(49(3)4)110-85(126)69-26-17-31-112(69)87(128)67(36-53-40-92-47-101-53)108-84(125)66(105-79(120)57(90)45-113)35-52-39-96-60-23-10-7-20-56(52)60/h5-10,18-23,37-40,47-49,57,61-70,76-77,94-96,113H,11-17,24-36,41-46,89-90H2,1-4H3,(H2,91,119)(H,92,101)(H,93,114)(H,97,116)(H,98,115)(H,99,121)(H,100,122)(H,102,117)(H,103,118)(H,104,123)(H,105,120)(H,106,124)(H,107,127)(H,108,125)(H,110,126)(H2,109,111,129)/t57-,61-,62-,63-,64-,65-,66-,67-,68-,69-,70-,76-,77-/m0/s1. The molecule has 0 spiro atoms. The maximum Gasteiger partial charge on any atom is 0.315 e. The largest absolute Gasteiger partial charge is 0.394 e. The minimum atomic E-state index is -1.44. The number of para-hydroxylation sites is 3. The van der Waals surface area contributed by atoms with Gasteiger partial charge in [-0.15, -0.1) is 0 Å². The van der Waals surface area contributed by atoms with E-state index in [1.54, 1.807) is 64.5 Å². The lowest BCUT2D eigenvalue weighted by molar-refractivity contribution is -0.142. The number of aliphatic hydroxyl groups is 1. The number of nitrogens with one attached hydrogen (secondary N) is 19. The van der Waals surface area contributed by atoms with Gasteiger partial charge in [0.15, 0.2) is 0 Å². The Morgan fingerprint density at radius 1 is 0.523 bits per heavy atom. The summed E-state index contributed by atoms with van der Waals surface area (Å²) in [5.74, 6) is -11.3. The summed E-state index contributed by atoms with van der Waals surface area (Å²) in [6, 6.07) is 8.69. The predicted molar refractivity (Wildman–Crippen MR) is 483 cm³/mol. The van der Waals surface area contributed by atoms with Crippen molar-refractivity contribution in [3.8, 4) is 0 Å². The van der Waals surface area contributed by atoms with Crippen molar-refractivity contribution in [2.75, 3.05) is 58.2 Å². The number of carbonyl (C=O) groups excluding carboxylic acids is 16. The smallest absolute Gasteiger partial charge is 0.315 e. The summed E-state index contributed by atoms with van der Waals surface area (Å²) < 4.78 is 0. The van der Waals surface area contributed by atoms with Gasteiger partial charge >= 0.3 is 6.03 Å². The molecule has 0 bridgehead atoms. The molecule has 3 fully saturated rings. The Morgan fingerprint density at radius 3 is 1.60 bits per heavy atom. The Bertz CT molecular complexity index is 5110. The Balaban J connectivity index is 0.733. The van der Waals surface area contributed by atoms with Crippen LogP contribution in [0.2, 0.25) is 0 Å². The average molecular weight is 1820 g/mol. The van der Waals surface area contributed by atoms with Crippen LogP contribution in [0.4, 0.5) is 4.79 Å². The van der Waals surface area contributed by atoms with Crippen molar-refractivity contribution >= 4 is 139 Å². The number of carbonyl (C=O) groups is 16. The summed E-state index contributed by atoms with van der Waals surface area (Å²) in [7, 11) is 0. The first-order valence-electron chi connectivity index (χ1n) is 44.2. The van der Waals surface area contributed by atoms with Crippen LogP contribution in [0, 0.1) is 11.8 Å². The normalized spacial score (nSPS) is 17.3. The third-order valence-electron chi connectivity index (χ3n) is 23.1. The van der Waals surface area contributed by atoms with Crippen LogP contribution in [0.3, 0.4) is 0 Å². The number of nitrogens with two attached hydrogens (primary N) is 3. The van der Waals surface area contributed by atoms with Crippen LogP contribution < -0.4 is 97.0 Å². The van der Waals surface area contributed by atoms with Crippen LogP contribution in [0.15, 0.2) is 104 Å². The number of urea groups is 1. The summed E-state index contributed by atoms with van der Waals surface area (Å²) in [6.07, 6.45) is 12.6. The number of aromatic amines is 4. The van der Waals surface area contributed by atoms with E-state index in [-0.39, 0.29) is 94.4 Å². The van der Waals surface area contributed by atoms with E-state index in [1.165, 1.54) is 17.4 Å². The van der Waals surface area contributed by atoms with Crippen molar-refractivity contribution < 1.29 is 81.8 Å². The predicted octanol–water partition coefficient (Wildman–Crippen LogP) is -1.89. The second-order valence-corrected chi connectivity index (χ2v) is 35.0. The van der Waals surface area contributed by atoms with Gasteiger partial charge in [0, 0.05) is 114 Å². The summed E-state index contributed by atoms with van der Waals surface area (Å²) in [4.78, 5) is 238. The fourth-order valence-electron chi connectivity index (χ4n) is 16.1. The minimum absolute atomic E-state index is 0.0204. The van der Waals surface area contributed by atoms with E-state index in [2.05, 4.69) is 105 Å². The summed E-state index contributed by atoms with van der Waals surface area (Å²) in [5, 5.41) is 52.6. The number of rotatable bonds is 52. The Morgan fingerprint density at radius 2 is 1.03 bits per heavy atom. The van der Waals surface area contributed by atoms with Crippen LogP contribution in [-0.4, -0.2) is 265 Å². The molecule has 13 atom stereocenters. The van der Waals surface area contributed by atoms with Crippen molar-refractivity contribution in [2.24, 2.45) is 29.0 Å². The first-order chi connectivity index (χ1) is 62.4. The highest BCUT2D eigenvalue weighted by atomic mass is 32.2. The molecule has 26 N–H and O–H groups in total. The average Bonchev–Trinajstić information content (AvgIpc) is 1.65. The molecule has 3 aromatic carbocycles. The number of hydrogen-bond acceptors (Lipinski definition) is 21. The number of aromatic nitrogens is 5. The molecule has 702 valence electrons. The zero-order chi connectivity index (χ0) is 93.5. The van der Waals surface area contributed by atoms with Gasteiger partial charge in [-0.3, -0.25) is 71.9 Å². The number of thioether (sulfide) groups is 1. The Labute approximate surface area is 754 Å². The third kappa shape index (κ3) is 29.0. The molecule has 0 radical (unpaired) electrons. The topological polar surface area (TPSA) is 631 Å². The molecule has 7 aromatic rings. The number of imidazole rings is 1. The van der Waals surface area contributed by atoms with E-state index in [4.69, 9.17) is 17.2 Å². The highest BCUT2D eigenvalue weighted by Crippen LogP contribution is 2.34. The van der Waals surface area contributed by atoms with Crippen LogP contribution >= 0.6 is 11.8 Å². The lowest BCUT2D eigenvalue weighted by atomic mass is 9.99. The number of amides is 17. The molecule has 3 aliphatic rings. The first kappa shape index (κ1) is 99.2. The Kier molecular flexibility index (Phi) is 37.4. The fraction of sp³-hybridized carbons (Fsp3) is 0.511. The van der Waals surface area contributed by atoms with Crippen molar-refractivity contribution in [2.45, 2.75) is 215 Å². The summed E-state index contributed by atoms with van der Waals surface area (Å²) in [6.45, 7) is 4.22. The third-order valence-corrected chi connectivity index (χ3v) is 24.6. The molecule has 7 heterocycles. The molecule has 0 unspecified atom stereocenters. The fourth-order valence-corrected chi connectivity index (χ4v) is 17.6. The highest BCUT2D eigenvalue weighted by molar-refractivity contribution is 8.00. The maximum absolute atomic E-state index is 15.0. The molecule has 3 aliphatic heterocycles. The molecule has 0 aliphatic carbocycles. The second-order valence-electron chi connectivity index (χ2n) is 33.7. The molecule has 130 heavy (non-hydrogen) atoms. The van der Waals surface area contributed by atoms with E-state index >= 15 is 4.79 Å². The molecule has 41 nitrogen and oxygen atoms in total. The van der Waals surface area contributed by atoms with Gasteiger partial charge < -0.3 is 127 Å². The first-order valence-corrected chi connectivity index (χ1v) is 45.2. The number of benzene rings is 3. The molecule has 17 amide bonds. The molecule has 3 saturated heterocycles. The lowest BCUT2D eigenvalue weighted by Crippen LogP contribution is -2.61. The van der Waals surface area contributed by atoms with E-state index in [0.717, 1.165) is 29.5 Å². The molecule has 4 aromatic heterocycles. The van der Waals surface area contributed by atoms with Crippen LogP contribution in [0.1, 0.15) is 134 Å². The molecule has 42 heteroatoms. The van der Waals surface area contributed by atoms with Crippen molar-refractivity contribution in [3.63, 3.8) is 0 Å². The van der Waals surface area contributed by atoms with Crippen LogP contribution in [0.5, 0.6) is 0 Å². The lowest BCUT2D eigenvalue weighted by Gasteiger charge is -2.31. The molecular weight excluding hydrogens is 1700 g/mol. The monoisotopic (exact) mass is 1820 g/mol. The summed E-state index contributed by atoms with van der Waals surface area (Å²) >= 11 is 1.82. The number of primary amides is 1. The van der Waals surface area contributed by atoms with Crippen molar-refractivity contribution in [1.82, 2.24) is 110 Å². The van der Waals surface area contributed by atoms with Crippen LogP contribution in [-0.2, 0) is 97.6 Å². The number of aliphatic hydroxyl groups excluding tert-OH is 1. The summed E-state index contributed by atoms with van der Waals surface area (Å²) in [5.41, 5.74) is 21.7. The van der Waals surface area contributed by atoms with Gasteiger partial charge in [-0.25, -0.2) is 9.78 Å². The van der Waals surface area contributed by atoms with Gasteiger partial charge in [0.2, 0.25) is 88.6 Å². The van der Waals surface area contributed by atoms with Gasteiger partial charge in [-0.1, -0.05) is 88.7 Å². The molecule has 0 saturated carbocycles. The van der Waals surface area contributed by atoms with E-state index in [9.17, 15) is 77.0 Å². The van der Waals surface area contributed by atoms with E-state index in [0.29, 0.717) is 101 Å². The number of hydrogen-bond donors (Lipinski definition) is 23. The van der Waals surface area contributed by atoms with Crippen LogP contribution in [0.25, 0.3) is 32.7 Å². The molecule has 10 rings (SSSR count). The molecular formula is C88H122N24O17S. The van der Waals surface area contributed by atoms with E-state index in [1.807, 2.05) is 66.4 Å². The van der Waals surface area contributed by atoms with Gasteiger partial charge in [0.25, 0.3) is 0 Å². The van der Waals surface area contributed by atoms with Crippen molar-refractivity contribution in [1.29, 1.82) is 0 Å². The number of nitrogens with zero attached hydrogens (tertiary/aromatic N) is 2. The maximum atomic E-state index is 15.0. The number of unbranched alkanes of at least 4 members (excludes halogenated alkanes) is 3. The van der Waals surface area contributed by atoms with Gasteiger partial charge in [0.05, 0.1) is 56.9 Å².